The number of halogens is 1. The lowest BCUT2D eigenvalue weighted by atomic mass is 10.1. The molecular weight excluding hydrogens is 477 g/mol. The topological polar surface area (TPSA) is 66.8 Å². The first kappa shape index (κ1) is 19.8. The van der Waals surface area contributed by atoms with Gasteiger partial charge in [0.15, 0.2) is 0 Å². The zero-order chi connectivity index (χ0) is 19.6. The van der Waals surface area contributed by atoms with Gasteiger partial charge in [0.2, 0.25) is 0 Å². The number of imide groups is 1. The van der Waals surface area contributed by atoms with Gasteiger partial charge in [-0.1, -0.05) is 12.1 Å². The van der Waals surface area contributed by atoms with Crippen LogP contribution < -0.4 is 4.74 Å². The lowest BCUT2D eigenvalue weighted by Gasteiger charge is -2.14. The van der Waals surface area contributed by atoms with Gasteiger partial charge in [-0.15, -0.1) is 0 Å². The molecule has 2 aromatic rings. The predicted molar refractivity (Wildman–Crippen MR) is 115 cm³/mol. The number of ether oxygens (including phenoxy) is 1. The molecule has 1 N–H and O–H groups in total. The van der Waals surface area contributed by atoms with Crippen LogP contribution in [-0.4, -0.2) is 34.3 Å². The molecule has 1 aliphatic rings. The highest BCUT2D eigenvalue weighted by Crippen LogP contribution is 2.34. The number of hydrogen-bond acceptors (Lipinski definition) is 5. The van der Waals surface area contributed by atoms with Crippen molar-refractivity contribution in [2.75, 3.05) is 13.2 Å². The minimum Gasteiger partial charge on any atom is -0.507 e. The number of aryl methyl sites for hydroxylation is 2. The maximum atomic E-state index is 12.6. The number of hydrogen-bond donors (Lipinski definition) is 1. The number of amides is 2. The average molecular weight is 495 g/mol. The Labute approximate surface area is 175 Å². The Hall–Kier alpha value is -2.00. The van der Waals surface area contributed by atoms with Crippen LogP contribution >= 0.6 is 34.4 Å². The van der Waals surface area contributed by atoms with Crippen molar-refractivity contribution in [3.8, 4) is 11.5 Å². The minimum absolute atomic E-state index is 0.0699. The third kappa shape index (κ3) is 4.65. The number of thioether (sulfide) groups is 1. The maximum absolute atomic E-state index is 12.6. The summed E-state index contributed by atoms with van der Waals surface area (Å²) in [5.41, 5.74) is 2.60. The number of carbonyl (C=O) groups is 2. The van der Waals surface area contributed by atoms with Gasteiger partial charge in [0.25, 0.3) is 11.1 Å². The fraction of sp³-hybridized carbons (Fsp3) is 0.200. The summed E-state index contributed by atoms with van der Waals surface area (Å²) in [4.78, 5) is 26.2. The summed E-state index contributed by atoms with van der Waals surface area (Å²) in [6.07, 6.45) is 1.55. The molecule has 1 heterocycles. The highest BCUT2D eigenvalue weighted by atomic mass is 127. The highest BCUT2D eigenvalue weighted by molar-refractivity contribution is 14.1. The standard InChI is InChI=1S/C20H18INO4S/c1-12-3-4-13(2)17(9-12)26-8-7-22-19(24)18(27-20(22)25)11-14-10-15(21)5-6-16(14)23/h3-6,9-11,23H,7-8H2,1-2H3/b18-11-. The number of benzene rings is 2. The summed E-state index contributed by atoms with van der Waals surface area (Å²) in [5.74, 6) is 0.453. The third-order valence-electron chi connectivity index (χ3n) is 4.07. The molecule has 0 atom stereocenters. The molecule has 0 spiro atoms. The van der Waals surface area contributed by atoms with E-state index in [0.717, 1.165) is 32.2 Å². The van der Waals surface area contributed by atoms with Gasteiger partial charge in [0.05, 0.1) is 11.4 Å². The quantitative estimate of drug-likeness (QED) is 0.480. The molecule has 1 saturated heterocycles. The van der Waals surface area contributed by atoms with Crippen LogP contribution in [0.15, 0.2) is 41.3 Å². The smallest absolute Gasteiger partial charge is 0.293 e. The maximum Gasteiger partial charge on any atom is 0.293 e. The lowest BCUT2D eigenvalue weighted by molar-refractivity contribution is -0.123. The Bertz CT molecular complexity index is 942. The fourth-order valence-electron chi connectivity index (χ4n) is 2.58. The van der Waals surface area contributed by atoms with Crippen molar-refractivity contribution in [2.45, 2.75) is 13.8 Å². The molecule has 0 saturated carbocycles. The molecule has 0 radical (unpaired) electrons. The van der Waals surface area contributed by atoms with E-state index in [4.69, 9.17) is 4.74 Å². The highest BCUT2D eigenvalue weighted by Gasteiger charge is 2.35. The van der Waals surface area contributed by atoms with Gasteiger partial charge in [-0.3, -0.25) is 14.5 Å². The molecule has 5 nitrogen and oxygen atoms in total. The molecule has 1 fully saturated rings. The van der Waals surface area contributed by atoms with E-state index in [0.29, 0.717) is 10.5 Å². The van der Waals surface area contributed by atoms with Gasteiger partial charge in [-0.25, -0.2) is 0 Å². The molecule has 0 unspecified atom stereocenters. The molecule has 140 valence electrons. The van der Waals surface area contributed by atoms with Gasteiger partial charge < -0.3 is 9.84 Å². The van der Waals surface area contributed by atoms with Crippen LogP contribution in [0.5, 0.6) is 11.5 Å². The minimum atomic E-state index is -0.368. The van der Waals surface area contributed by atoms with Crippen LogP contribution in [-0.2, 0) is 4.79 Å². The third-order valence-corrected chi connectivity index (χ3v) is 5.64. The SMILES string of the molecule is Cc1ccc(C)c(OCCN2C(=O)S/C(=C\c3cc(I)ccc3O)C2=O)c1. The van der Waals surface area contributed by atoms with E-state index in [1.807, 2.05) is 32.0 Å². The molecule has 2 amide bonds. The van der Waals surface area contributed by atoms with Crippen molar-refractivity contribution in [1.29, 1.82) is 0 Å². The molecule has 0 bridgehead atoms. The summed E-state index contributed by atoms with van der Waals surface area (Å²) in [5, 5.41) is 9.61. The average Bonchev–Trinajstić information content (AvgIpc) is 2.88. The van der Waals surface area contributed by atoms with Crippen LogP contribution in [0.3, 0.4) is 0 Å². The van der Waals surface area contributed by atoms with Crippen LogP contribution in [0.25, 0.3) is 6.08 Å². The molecule has 7 heteroatoms. The Morgan fingerprint density at radius 1 is 1.19 bits per heavy atom. The lowest BCUT2D eigenvalue weighted by Crippen LogP contribution is -2.32. The van der Waals surface area contributed by atoms with E-state index in [-0.39, 0.29) is 30.0 Å². The van der Waals surface area contributed by atoms with Crippen molar-refractivity contribution in [3.63, 3.8) is 0 Å². The van der Waals surface area contributed by atoms with Crippen LogP contribution in [0.1, 0.15) is 16.7 Å². The first-order valence-electron chi connectivity index (χ1n) is 8.29. The zero-order valence-corrected chi connectivity index (χ0v) is 17.8. The Balaban J connectivity index is 1.68. The molecular formula is C20H18INO4S. The van der Waals surface area contributed by atoms with Crippen molar-refractivity contribution in [3.05, 3.63) is 61.6 Å². The van der Waals surface area contributed by atoms with Crippen LogP contribution in [0.4, 0.5) is 4.79 Å². The summed E-state index contributed by atoms with van der Waals surface area (Å²) in [6, 6.07) is 11.0. The number of phenols is 1. The Morgan fingerprint density at radius 2 is 1.96 bits per heavy atom. The van der Waals surface area contributed by atoms with Gasteiger partial charge in [0, 0.05) is 9.13 Å². The number of nitrogens with zero attached hydrogens (tertiary/aromatic N) is 1. The van der Waals surface area contributed by atoms with Gasteiger partial charge >= 0.3 is 0 Å². The summed E-state index contributed by atoms with van der Waals surface area (Å²) in [7, 11) is 0. The van der Waals surface area contributed by atoms with Gasteiger partial charge in [0.1, 0.15) is 18.1 Å². The summed E-state index contributed by atoms with van der Waals surface area (Å²) >= 11 is 3.00. The van der Waals surface area contributed by atoms with Gasteiger partial charge in [-0.05, 0) is 89.7 Å². The van der Waals surface area contributed by atoms with E-state index in [9.17, 15) is 14.7 Å². The Kier molecular flexibility index (Phi) is 6.11. The monoisotopic (exact) mass is 495 g/mol. The second kappa shape index (κ2) is 8.35. The van der Waals surface area contributed by atoms with E-state index in [1.54, 1.807) is 24.3 Å². The molecule has 3 rings (SSSR count). The molecule has 0 aliphatic carbocycles. The van der Waals surface area contributed by atoms with Gasteiger partial charge in [-0.2, -0.15) is 0 Å². The first-order valence-corrected chi connectivity index (χ1v) is 10.2. The molecule has 2 aromatic carbocycles. The summed E-state index contributed by atoms with van der Waals surface area (Å²) < 4.78 is 6.68. The van der Waals surface area contributed by atoms with E-state index in [1.165, 1.54) is 4.90 Å². The number of phenolic OH excluding ortho intramolecular Hbond substituents is 1. The summed E-state index contributed by atoms with van der Waals surface area (Å²) in [6.45, 7) is 4.33. The van der Waals surface area contributed by atoms with E-state index >= 15 is 0 Å². The first-order chi connectivity index (χ1) is 12.8. The van der Waals surface area contributed by atoms with E-state index < -0.39 is 0 Å². The molecule has 27 heavy (non-hydrogen) atoms. The second-order valence-electron chi connectivity index (χ2n) is 6.15. The van der Waals surface area contributed by atoms with Crippen LogP contribution in [0, 0.1) is 17.4 Å². The van der Waals surface area contributed by atoms with Crippen molar-refractivity contribution < 1.29 is 19.4 Å². The van der Waals surface area contributed by atoms with Crippen molar-refractivity contribution >= 4 is 51.6 Å². The predicted octanol–water partition coefficient (Wildman–Crippen LogP) is 4.73. The largest absolute Gasteiger partial charge is 0.507 e. The normalized spacial score (nSPS) is 15.7. The molecule has 1 aliphatic heterocycles. The number of aromatic hydroxyl groups is 1. The van der Waals surface area contributed by atoms with E-state index in [2.05, 4.69) is 22.6 Å². The number of carbonyl (C=O) groups excluding carboxylic acids is 2. The second-order valence-corrected chi connectivity index (χ2v) is 8.39. The zero-order valence-electron chi connectivity index (χ0n) is 14.9. The van der Waals surface area contributed by atoms with Crippen molar-refractivity contribution in [1.82, 2.24) is 4.90 Å². The number of rotatable bonds is 5. The van der Waals surface area contributed by atoms with Crippen molar-refractivity contribution in [2.24, 2.45) is 0 Å². The fourth-order valence-corrected chi connectivity index (χ4v) is 3.96. The van der Waals surface area contributed by atoms with Crippen LogP contribution in [0.2, 0.25) is 0 Å². The Morgan fingerprint density at radius 3 is 2.74 bits per heavy atom. The molecule has 0 aromatic heterocycles.